The maximum absolute atomic E-state index is 12.4. The van der Waals surface area contributed by atoms with Crippen molar-refractivity contribution in [1.29, 1.82) is 0 Å². The summed E-state index contributed by atoms with van der Waals surface area (Å²) in [7, 11) is 1.35. The predicted molar refractivity (Wildman–Crippen MR) is 90.8 cm³/mol. The molecule has 8 nitrogen and oxygen atoms in total. The van der Waals surface area contributed by atoms with Gasteiger partial charge in [-0.25, -0.2) is 9.59 Å². The van der Waals surface area contributed by atoms with Crippen LogP contribution in [0, 0.1) is 12.8 Å². The van der Waals surface area contributed by atoms with Crippen LogP contribution in [0.2, 0.25) is 0 Å². The smallest absolute Gasteiger partial charge is 0.329 e. The molecule has 0 aliphatic heterocycles. The van der Waals surface area contributed by atoms with Gasteiger partial charge in [0.15, 0.2) is 6.61 Å². The van der Waals surface area contributed by atoms with Crippen molar-refractivity contribution in [3.8, 4) is 0 Å². The van der Waals surface area contributed by atoms with Gasteiger partial charge in [0.2, 0.25) is 0 Å². The maximum Gasteiger partial charge on any atom is 0.329 e. The van der Waals surface area contributed by atoms with Gasteiger partial charge in [-0.1, -0.05) is 32.0 Å². The van der Waals surface area contributed by atoms with Crippen molar-refractivity contribution in [2.45, 2.75) is 26.8 Å². The molecular formula is C17H23N3O5. The van der Waals surface area contributed by atoms with Crippen LogP contribution in [0.15, 0.2) is 24.3 Å². The number of aryl methyl sites for hydroxylation is 1. The molecule has 0 saturated heterocycles. The topological polar surface area (TPSA) is 114 Å². The molecule has 0 radical (unpaired) electrons. The Kier molecular flexibility index (Phi) is 7.58. The van der Waals surface area contributed by atoms with Crippen molar-refractivity contribution < 1.29 is 23.9 Å². The quantitative estimate of drug-likeness (QED) is 0.656. The van der Waals surface area contributed by atoms with Gasteiger partial charge in [0.1, 0.15) is 6.04 Å². The van der Waals surface area contributed by atoms with E-state index in [1.807, 2.05) is 11.4 Å². The Balaban J connectivity index is 2.68. The summed E-state index contributed by atoms with van der Waals surface area (Å²) in [6, 6.07) is 5.37. The van der Waals surface area contributed by atoms with E-state index < -0.39 is 36.5 Å². The van der Waals surface area contributed by atoms with Crippen LogP contribution >= 0.6 is 0 Å². The second kappa shape index (κ2) is 9.41. The van der Waals surface area contributed by atoms with Crippen LogP contribution in [0.25, 0.3) is 0 Å². The normalized spacial score (nSPS) is 11.4. The van der Waals surface area contributed by atoms with Crippen LogP contribution in [-0.2, 0) is 14.3 Å². The molecule has 0 aliphatic rings. The summed E-state index contributed by atoms with van der Waals surface area (Å²) in [4.78, 5) is 47.0. The van der Waals surface area contributed by atoms with Crippen molar-refractivity contribution >= 4 is 23.8 Å². The average molecular weight is 349 g/mol. The van der Waals surface area contributed by atoms with Gasteiger partial charge in [0.25, 0.3) is 11.8 Å². The molecule has 25 heavy (non-hydrogen) atoms. The summed E-state index contributed by atoms with van der Waals surface area (Å²) < 4.78 is 4.89. The zero-order valence-corrected chi connectivity index (χ0v) is 14.7. The lowest BCUT2D eigenvalue weighted by Crippen LogP contribution is -2.47. The molecule has 136 valence electrons. The lowest BCUT2D eigenvalue weighted by molar-refractivity contribution is -0.151. The number of urea groups is 1. The molecule has 0 unspecified atom stereocenters. The Hall–Kier alpha value is -2.90. The van der Waals surface area contributed by atoms with Gasteiger partial charge < -0.3 is 15.4 Å². The van der Waals surface area contributed by atoms with Gasteiger partial charge >= 0.3 is 12.0 Å². The van der Waals surface area contributed by atoms with Crippen LogP contribution in [-0.4, -0.2) is 43.5 Å². The third-order valence-corrected chi connectivity index (χ3v) is 3.42. The molecule has 1 aromatic carbocycles. The summed E-state index contributed by atoms with van der Waals surface area (Å²) in [5.41, 5.74) is 1.24. The van der Waals surface area contributed by atoms with Crippen LogP contribution in [0.3, 0.4) is 0 Å². The fourth-order valence-corrected chi connectivity index (χ4v) is 2.00. The van der Waals surface area contributed by atoms with E-state index in [9.17, 15) is 19.2 Å². The summed E-state index contributed by atoms with van der Waals surface area (Å²) >= 11 is 0. The van der Waals surface area contributed by atoms with Gasteiger partial charge in [-0.05, 0) is 24.5 Å². The Bertz CT molecular complexity index is 657. The summed E-state index contributed by atoms with van der Waals surface area (Å²) in [6.45, 7) is 4.67. The molecule has 0 fully saturated rings. The van der Waals surface area contributed by atoms with Gasteiger partial charge in [0.05, 0.1) is 0 Å². The van der Waals surface area contributed by atoms with Gasteiger partial charge in [-0.3, -0.25) is 14.9 Å². The summed E-state index contributed by atoms with van der Waals surface area (Å²) in [5.74, 6) is -2.16. The Morgan fingerprint density at radius 3 is 2.32 bits per heavy atom. The molecule has 0 saturated carbocycles. The highest BCUT2D eigenvalue weighted by Crippen LogP contribution is 2.10. The van der Waals surface area contributed by atoms with E-state index in [-0.39, 0.29) is 5.92 Å². The average Bonchev–Trinajstić information content (AvgIpc) is 2.57. The third-order valence-electron chi connectivity index (χ3n) is 3.42. The number of rotatable bonds is 6. The summed E-state index contributed by atoms with van der Waals surface area (Å²) in [5, 5.41) is 6.80. The van der Waals surface area contributed by atoms with E-state index in [0.717, 1.165) is 5.56 Å². The largest absolute Gasteiger partial charge is 0.454 e. The molecule has 1 aromatic rings. The van der Waals surface area contributed by atoms with E-state index in [1.54, 1.807) is 39.0 Å². The molecule has 8 heteroatoms. The first-order valence-electron chi connectivity index (χ1n) is 7.81. The Labute approximate surface area is 146 Å². The van der Waals surface area contributed by atoms with Crippen LogP contribution in [0.5, 0.6) is 0 Å². The minimum Gasteiger partial charge on any atom is -0.454 e. The molecular weight excluding hydrogens is 326 g/mol. The van der Waals surface area contributed by atoms with Crippen molar-refractivity contribution in [2.75, 3.05) is 13.7 Å². The summed E-state index contributed by atoms with van der Waals surface area (Å²) in [6.07, 6.45) is 0. The first-order chi connectivity index (χ1) is 11.8. The second-order valence-corrected chi connectivity index (χ2v) is 5.75. The first kappa shape index (κ1) is 20.1. The highest BCUT2D eigenvalue weighted by atomic mass is 16.5. The second-order valence-electron chi connectivity index (χ2n) is 5.75. The molecule has 0 aromatic heterocycles. The number of hydrogen-bond donors (Lipinski definition) is 3. The first-order valence-corrected chi connectivity index (χ1v) is 7.81. The molecule has 0 aliphatic carbocycles. The fourth-order valence-electron chi connectivity index (χ4n) is 2.00. The zero-order valence-electron chi connectivity index (χ0n) is 14.7. The fraction of sp³-hybridized carbons (Fsp3) is 0.412. The molecule has 0 heterocycles. The molecule has 1 atom stereocenters. The van der Waals surface area contributed by atoms with Crippen molar-refractivity contribution in [1.82, 2.24) is 16.0 Å². The zero-order chi connectivity index (χ0) is 19.0. The molecule has 3 N–H and O–H groups in total. The van der Waals surface area contributed by atoms with Crippen LogP contribution < -0.4 is 16.0 Å². The van der Waals surface area contributed by atoms with Gasteiger partial charge in [-0.2, -0.15) is 0 Å². The molecule has 0 bridgehead atoms. The van der Waals surface area contributed by atoms with E-state index in [1.165, 1.54) is 7.05 Å². The van der Waals surface area contributed by atoms with Crippen LogP contribution in [0.4, 0.5) is 4.79 Å². The third kappa shape index (κ3) is 6.25. The van der Waals surface area contributed by atoms with Crippen molar-refractivity contribution in [2.24, 2.45) is 5.92 Å². The predicted octanol–water partition coefficient (Wildman–Crippen LogP) is 0.748. The van der Waals surface area contributed by atoms with E-state index >= 15 is 0 Å². The highest BCUT2D eigenvalue weighted by Gasteiger charge is 2.27. The SMILES string of the molecule is CNC(=O)NC(=O)COC(=O)[C@@H](NC(=O)c1ccccc1C)C(C)C. The number of benzene rings is 1. The Morgan fingerprint density at radius 2 is 1.76 bits per heavy atom. The lowest BCUT2D eigenvalue weighted by Gasteiger charge is -2.21. The number of esters is 1. The molecule has 4 amide bonds. The van der Waals surface area contributed by atoms with Gasteiger partial charge in [0, 0.05) is 12.6 Å². The number of hydrogen-bond acceptors (Lipinski definition) is 5. The molecule has 0 spiro atoms. The number of ether oxygens (including phenoxy) is 1. The monoisotopic (exact) mass is 349 g/mol. The number of carbonyl (C=O) groups excluding carboxylic acids is 4. The standard InChI is InChI=1S/C17H23N3O5/c1-10(2)14(16(23)25-9-13(21)19-17(24)18-4)20-15(22)12-8-6-5-7-11(12)3/h5-8,10,14H,9H2,1-4H3,(H,20,22)(H2,18,19,21,24)/t14-/m0/s1. The van der Waals surface area contributed by atoms with E-state index in [2.05, 4.69) is 10.6 Å². The number of imide groups is 1. The van der Waals surface area contributed by atoms with E-state index in [0.29, 0.717) is 5.56 Å². The van der Waals surface area contributed by atoms with E-state index in [4.69, 9.17) is 4.74 Å². The number of nitrogens with one attached hydrogen (secondary N) is 3. The lowest BCUT2D eigenvalue weighted by atomic mass is 10.0. The Morgan fingerprint density at radius 1 is 1.12 bits per heavy atom. The number of amides is 4. The highest BCUT2D eigenvalue weighted by molar-refractivity contribution is 5.98. The maximum atomic E-state index is 12.4. The minimum atomic E-state index is -0.917. The van der Waals surface area contributed by atoms with Crippen molar-refractivity contribution in [3.63, 3.8) is 0 Å². The van der Waals surface area contributed by atoms with Crippen LogP contribution in [0.1, 0.15) is 29.8 Å². The van der Waals surface area contributed by atoms with Crippen molar-refractivity contribution in [3.05, 3.63) is 35.4 Å². The van der Waals surface area contributed by atoms with Gasteiger partial charge in [-0.15, -0.1) is 0 Å². The number of carbonyl (C=O) groups is 4. The molecule has 1 rings (SSSR count). The minimum absolute atomic E-state index is 0.248.